The van der Waals surface area contributed by atoms with E-state index in [0.717, 1.165) is 18.4 Å². The number of methoxy groups -OCH3 is 1. The van der Waals surface area contributed by atoms with Crippen LogP contribution in [-0.2, 0) is 22.4 Å². The average molecular weight is 303 g/mol. The van der Waals surface area contributed by atoms with E-state index in [0.29, 0.717) is 6.61 Å². The van der Waals surface area contributed by atoms with E-state index in [4.69, 9.17) is 4.74 Å². The van der Waals surface area contributed by atoms with Gasteiger partial charge < -0.3 is 10.1 Å². The molecule has 0 spiro atoms. The lowest BCUT2D eigenvalue weighted by Crippen LogP contribution is -2.35. The number of aryl methyl sites for hydroxylation is 2. The normalized spacial score (nSPS) is 15.0. The first-order chi connectivity index (χ1) is 10.6. The molecule has 1 amide bonds. The smallest absolute Gasteiger partial charge is 0.220 e. The van der Waals surface area contributed by atoms with Crippen molar-refractivity contribution >= 4 is 11.7 Å². The van der Waals surface area contributed by atoms with Crippen molar-refractivity contribution < 1.29 is 14.3 Å². The summed E-state index contributed by atoms with van der Waals surface area (Å²) in [4.78, 5) is 24.0. The minimum Gasteiger partial charge on any atom is -0.383 e. The third-order valence-corrected chi connectivity index (χ3v) is 4.07. The molecule has 1 aromatic rings. The van der Waals surface area contributed by atoms with Crippen molar-refractivity contribution in [3.63, 3.8) is 0 Å². The van der Waals surface area contributed by atoms with Gasteiger partial charge in [0.05, 0.1) is 6.61 Å². The summed E-state index contributed by atoms with van der Waals surface area (Å²) in [6.45, 7) is 2.36. The number of ketones is 1. The molecular formula is C18H25NO3. The van der Waals surface area contributed by atoms with Crippen LogP contribution >= 0.6 is 0 Å². The molecule has 120 valence electrons. The topological polar surface area (TPSA) is 55.4 Å². The molecule has 22 heavy (non-hydrogen) atoms. The van der Waals surface area contributed by atoms with Crippen molar-refractivity contribution in [3.05, 3.63) is 34.9 Å². The van der Waals surface area contributed by atoms with Crippen LogP contribution in [0.15, 0.2) is 18.2 Å². The number of benzene rings is 1. The summed E-state index contributed by atoms with van der Waals surface area (Å²) in [7, 11) is 1.60. The van der Waals surface area contributed by atoms with Crippen LogP contribution in [0.4, 0.5) is 0 Å². The number of carbonyl (C=O) groups excluding carboxylic acids is 2. The quantitative estimate of drug-likeness (QED) is 0.788. The molecule has 1 aromatic carbocycles. The maximum Gasteiger partial charge on any atom is 0.220 e. The van der Waals surface area contributed by atoms with E-state index in [1.54, 1.807) is 7.11 Å². The molecule has 0 aliphatic heterocycles. The summed E-state index contributed by atoms with van der Waals surface area (Å²) in [6, 6.07) is 5.96. The summed E-state index contributed by atoms with van der Waals surface area (Å²) in [5.74, 6) is -0.0567. The van der Waals surface area contributed by atoms with E-state index in [2.05, 4.69) is 11.4 Å². The second-order valence-electron chi connectivity index (χ2n) is 6.04. The number of ether oxygens (including phenoxy) is 1. The first-order valence-corrected chi connectivity index (χ1v) is 8.03. The van der Waals surface area contributed by atoms with Crippen LogP contribution in [0.1, 0.15) is 54.1 Å². The van der Waals surface area contributed by atoms with Gasteiger partial charge in [-0.25, -0.2) is 0 Å². The molecule has 1 N–H and O–H groups in total. The summed E-state index contributed by atoms with van der Waals surface area (Å²) in [5.41, 5.74) is 3.41. The fraction of sp³-hybridized carbons (Fsp3) is 0.556. The third kappa shape index (κ3) is 4.67. The molecule has 0 aromatic heterocycles. The molecule has 4 nitrogen and oxygen atoms in total. The molecule has 1 aliphatic carbocycles. The zero-order valence-corrected chi connectivity index (χ0v) is 13.5. The predicted octanol–water partition coefficient (Wildman–Crippen LogP) is 2.68. The van der Waals surface area contributed by atoms with Gasteiger partial charge in [-0.2, -0.15) is 0 Å². The fourth-order valence-corrected chi connectivity index (χ4v) is 2.92. The Morgan fingerprint density at radius 2 is 1.91 bits per heavy atom. The number of rotatable bonds is 7. The van der Waals surface area contributed by atoms with Crippen LogP contribution in [0.5, 0.6) is 0 Å². The molecule has 4 heteroatoms. The van der Waals surface area contributed by atoms with Crippen LogP contribution in [0, 0.1) is 0 Å². The second-order valence-corrected chi connectivity index (χ2v) is 6.04. The lowest BCUT2D eigenvalue weighted by molar-refractivity contribution is -0.122. The van der Waals surface area contributed by atoms with Crippen molar-refractivity contribution in [1.29, 1.82) is 0 Å². The monoisotopic (exact) mass is 303 g/mol. The van der Waals surface area contributed by atoms with Gasteiger partial charge in [0, 0.05) is 31.6 Å². The predicted molar refractivity (Wildman–Crippen MR) is 86.1 cm³/mol. The Morgan fingerprint density at radius 1 is 1.18 bits per heavy atom. The number of amides is 1. The lowest BCUT2D eigenvalue weighted by atomic mass is 9.89. The Balaban J connectivity index is 1.86. The van der Waals surface area contributed by atoms with Crippen molar-refractivity contribution in [2.75, 3.05) is 13.7 Å². The average Bonchev–Trinajstić information content (AvgIpc) is 2.52. The zero-order valence-electron chi connectivity index (χ0n) is 13.5. The van der Waals surface area contributed by atoms with Crippen molar-refractivity contribution in [3.8, 4) is 0 Å². The summed E-state index contributed by atoms with van der Waals surface area (Å²) in [5, 5.41) is 2.82. The Kier molecular flexibility index (Phi) is 6.13. The van der Waals surface area contributed by atoms with Crippen LogP contribution in [0.25, 0.3) is 0 Å². The van der Waals surface area contributed by atoms with Crippen molar-refractivity contribution in [1.82, 2.24) is 5.32 Å². The summed E-state index contributed by atoms with van der Waals surface area (Å²) >= 11 is 0. The molecule has 0 radical (unpaired) electrons. The number of Topliss-reactive ketones (excluding diaryl/α,β-unsaturated/α-hetero) is 1. The van der Waals surface area contributed by atoms with Crippen LogP contribution < -0.4 is 5.32 Å². The van der Waals surface area contributed by atoms with E-state index < -0.39 is 0 Å². The van der Waals surface area contributed by atoms with Gasteiger partial charge in [0.2, 0.25) is 5.91 Å². The number of nitrogens with one attached hydrogen (secondary N) is 1. The van der Waals surface area contributed by atoms with Gasteiger partial charge >= 0.3 is 0 Å². The van der Waals surface area contributed by atoms with Gasteiger partial charge in [0.25, 0.3) is 0 Å². The molecule has 0 saturated carbocycles. The molecule has 1 aliphatic rings. The van der Waals surface area contributed by atoms with Crippen LogP contribution in [0.3, 0.4) is 0 Å². The van der Waals surface area contributed by atoms with Crippen LogP contribution in [-0.4, -0.2) is 31.4 Å². The molecule has 0 saturated heterocycles. The maximum atomic E-state index is 12.2. The molecular weight excluding hydrogens is 278 g/mol. The number of carbonyl (C=O) groups is 2. The second kappa shape index (κ2) is 8.08. The molecule has 1 atom stereocenters. The lowest BCUT2D eigenvalue weighted by Gasteiger charge is -2.16. The first kappa shape index (κ1) is 16.7. The minimum atomic E-state index is -0.101. The first-order valence-electron chi connectivity index (χ1n) is 8.03. The number of fused-ring (bicyclic) bond motifs is 1. The molecule has 0 fully saturated rings. The highest BCUT2D eigenvalue weighted by Gasteiger charge is 2.14. The number of hydrogen-bond donors (Lipinski definition) is 1. The maximum absolute atomic E-state index is 12.2. The van der Waals surface area contributed by atoms with Crippen molar-refractivity contribution in [2.45, 2.75) is 51.5 Å². The third-order valence-electron chi connectivity index (χ3n) is 4.07. The Bertz CT molecular complexity index is 539. The number of hydrogen-bond acceptors (Lipinski definition) is 3. The van der Waals surface area contributed by atoms with Gasteiger partial charge in [-0.15, -0.1) is 0 Å². The fourth-order valence-electron chi connectivity index (χ4n) is 2.92. The standard InChI is InChI=1S/C18H25NO3/c1-13(12-22-2)19-18(21)10-9-17(20)16-8-7-14-5-3-4-6-15(14)11-16/h7-8,11,13H,3-6,9-10,12H2,1-2H3,(H,19,21). The summed E-state index contributed by atoms with van der Waals surface area (Å²) in [6.07, 6.45) is 5.09. The highest BCUT2D eigenvalue weighted by molar-refractivity contribution is 5.98. The van der Waals surface area contributed by atoms with Gasteiger partial charge in [-0.1, -0.05) is 12.1 Å². The Morgan fingerprint density at radius 3 is 2.64 bits per heavy atom. The molecule has 2 rings (SSSR count). The summed E-state index contributed by atoms with van der Waals surface area (Å²) < 4.78 is 4.97. The van der Waals surface area contributed by atoms with E-state index >= 15 is 0 Å². The highest BCUT2D eigenvalue weighted by atomic mass is 16.5. The van der Waals surface area contributed by atoms with E-state index in [1.165, 1.54) is 24.0 Å². The SMILES string of the molecule is COCC(C)NC(=O)CCC(=O)c1ccc2c(c1)CCCC2. The van der Waals surface area contributed by atoms with Gasteiger partial charge in [-0.05, 0) is 49.8 Å². The van der Waals surface area contributed by atoms with Crippen molar-refractivity contribution in [2.24, 2.45) is 0 Å². The van der Waals surface area contributed by atoms with Gasteiger partial charge in [-0.3, -0.25) is 9.59 Å². The van der Waals surface area contributed by atoms with Gasteiger partial charge in [0.1, 0.15) is 0 Å². The highest BCUT2D eigenvalue weighted by Crippen LogP contribution is 2.22. The van der Waals surface area contributed by atoms with E-state index in [1.807, 2.05) is 19.1 Å². The van der Waals surface area contributed by atoms with Crippen LogP contribution in [0.2, 0.25) is 0 Å². The Hall–Kier alpha value is -1.68. The molecule has 0 bridgehead atoms. The zero-order chi connectivity index (χ0) is 15.9. The van der Waals surface area contributed by atoms with E-state index in [-0.39, 0.29) is 30.6 Å². The molecule has 1 unspecified atom stereocenters. The minimum absolute atomic E-state index is 0.0312. The Labute approximate surface area is 132 Å². The van der Waals surface area contributed by atoms with Gasteiger partial charge in [0.15, 0.2) is 5.78 Å². The van der Waals surface area contributed by atoms with E-state index in [9.17, 15) is 9.59 Å². The largest absolute Gasteiger partial charge is 0.383 e. The molecule has 0 heterocycles.